The smallest absolute Gasteiger partial charge is 0.00692 e. The third-order valence-corrected chi connectivity index (χ3v) is 5.01. The highest BCUT2D eigenvalue weighted by Gasteiger charge is 2.20. The van der Waals surface area contributed by atoms with Gasteiger partial charge in [0.25, 0.3) is 0 Å². The number of benzene rings is 1. The van der Waals surface area contributed by atoms with E-state index in [1.807, 2.05) is 0 Å². The lowest BCUT2D eigenvalue weighted by Gasteiger charge is -2.33. The molecule has 2 rings (SSSR count). The predicted octanol–water partition coefficient (Wildman–Crippen LogP) is 3.97. The second-order valence-electron chi connectivity index (χ2n) is 5.69. The van der Waals surface area contributed by atoms with Gasteiger partial charge in [-0.2, -0.15) is 0 Å². The average Bonchev–Trinajstić information content (AvgIpc) is 2.42. The molecule has 0 bridgehead atoms. The molecule has 1 aromatic carbocycles. The van der Waals surface area contributed by atoms with Crippen molar-refractivity contribution in [3.05, 3.63) is 35.9 Å². The summed E-state index contributed by atoms with van der Waals surface area (Å²) in [5.74, 6) is 1.67. The molecular weight excluding hydrogens is 286 g/mol. The molecular formula is C16H24BrN. The van der Waals surface area contributed by atoms with E-state index in [1.165, 1.54) is 44.5 Å². The van der Waals surface area contributed by atoms with Gasteiger partial charge in [0.2, 0.25) is 0 Å². The van der Waals surface area contributed by atoms with Crippen LogP contribution in [0.5, 0.6) is 0 Å². The Kier molecular flexibility index (Phi) is 5.71. The molecule has 0 radical (unpaired) electrons. The quantitative estimate of drug-likeness (QED) is 0.744. The Balaban J connectivity index is 1.73. The largest absolute Gasteiger partial charge is 0.303 e. The van der Waals surface area contributed by atoms with Crippen LogP contribution in [-0.2, 0) is 6.42 Å². The van der Waals surface area contributed by atoms with Gasteiger partial charge in [0, 0.05) is 11.9 Å². The first-order chi connectivity index (χ1) is 8.78. The minimum absolute atomic E-state index is 0.774. The summed E-state index contributed by atoms with van der Waals surface area (Å²) in [7, 11) is 0. The van der Waals surface area contributed by atoms with E-state index >= 15 is 0 Å². The van der Waals surface area contributed by atoms with Crippen molar-refractivity contribution in [3.63, 3.8) is 0 Å². The van der Waals surface area contributed by atoms with Gasteiger partial charge in [-0.25, -0.2) is 0 Å². The van der Waals surface area contributed by atoms with Crippen molar-refractivity contribution in [2.24, 2.45) is 11.8 Å². The Morgan fingerprint density at radius 3 is 2.50 bits per heavy atom. The first-order valence-electron chi connectivity index (χ1n) is 7.10. The van der Waals surface area contributed by atoms with Gasteiger partial charge >= 0.3 is 0 Å². The van der Waals surface area contributed by atoms with Crippen LogP contribution in [0.25, 0.3) is 0 Å². The summed E-state index contributed by atoms with van der Waals surface area (Å²) in [4.78, 5) is 2.63. The van der Waals surface area contributed by atoms with Gasteiger partial charge in [-0.15, -0.1) is 0 Å². The third kappa shape index (κ3) is 4.40. The number of hydrogen-bond donors (Lipinski definition) is 0. The number of nitrogens with zero attached hydrogens (tertiary/aromatic N) is 1. The molecule has 1 heterocycles. The topological polar surface area (TPSA) is 3.24 Å². The Morgan fingerprint density at radius 1 is 1.22 bits per heavy atom. The molecule has 18 heavy (non-hydrogen) atoms. The molecule has 1 unspecified atom stereocenters. The lowest BCUT2D eigenvalue weighted by atomic mass is 9.90. The van der Waals surface area contributed by atoms with E-state index in [2.05, 4.69) is 58.1 Å². The monoisotopic (exact) mass is 309 g/mol. The van der Waals surface area contributed by atoms with Crippen LogP contribution >= 0.6 is 15.9 Å². The fraction of sp³-hybridized carbons (Fsp3) is 0.625. The van der Waals surface area contributed by atoms with Gasteiger partial charge in [0.15, 0.2) is 0 Å². The minimum Gasteiger partial charge on any atom is -0.303 e. The van der Waals surface area contributed by atoms with E-state index in [0.717, 1.165) is 17.2 Å². The molecule has 0 saturated carbocycles. The van der Waals surface area contributed by atoms with Gasteiger partial charge in [-0.3, -0.25) is 0 Å². The molecule has 0 spiro atoms. The van der Waals surface area contributed by atoms with Gasteiger partial charge in [0.1, 0.15) is 0 Å². The molecule has 100 valence electrons. The van der Waals surface area contributed by atoms with Gasteiger partial charge in [-0.05, 0) is 49.8 Å². The summed E-state index contributed by atoms with van der Waals surface area (Å²) < 4.78 is 0. The maximum Gasteiger partial charge on any atom is 0.00692 e. The molecule has 1 nitrogen and oxygen atoms in total. The lowest BCUT2D eigenvalue weighted by Crippen LogP contribution is -2.37. The van der Waals surface area contributed by atoms with E-state index in [0.29, 0.717) is 0 Å². The van der Waals surface area contributed by atoms with Crippen molar-refractivity contribution in [3.8, 4) is 0 Å². The highest BCUT2D eigenvalue weighted by Crippen LogP contribution is 2.22. The Bertz CT molecular complexity index is 330. The van der Waals surface area contributed by atoms with Crippen LogP contribution in [0.3, 0.4) is 0 Å². The molecule has 0 amide bonds. The van der Waals surface area contributed by atoms with Crippen molar-refractivity contribution in [2.45, 2.75) is 26.2 Å². The maximum atomic E-state index is 3.57. The van der Waals surface area contributed by atoms with Crippen molar-refractivity contribution in [1.82, 2.24) is 4.90 Å². The van der Waals surface area contributed by atoms with E-state index in [-0.39, 0.29) is 0 Å². The van der Waals surface area contributed by atoms with Crippen molar-refractivity contribution < 1.29 is 0 Å². The summed E-state index contributed by atoms with van der Waals surface area (Å²) in [5.41, 5.74) is 1.50. The van der Waals surface area contributed by atoms with Gasteiger partial charge in [0.05, 0.1) is 0 Å². The van der Waals surface area contributed by atoms with E-state index in [4.69, 9.17) is 0 Å². The number of likely N-dealkylation sites (tertiary alicyclic amines) is 1. The zero-order valence-electron chi connectivity index (χ0n) is 11.3. The van der Waals surface area contributed by atoms with Crippen molar-refractivity contribution in [1.29, 1.82) is 0 Å². The molecule has 1 aliphatic rings. The van der Waals surface area contributed by atoms with Crippen LogP contribution in [0.1, 0.15) is 25.3 Å². The molecule has 1 saturated heterocycles. The Hall–Kier alpha value is -0.340. The molecule has 1 aromatic rings. The molecule has 1 fully saturated rings. The number of rotatable bonds is 5. The SMILES string of the molecule is CC(CBr)CN1CCC(Cc2ccccc2)CC1. The van der Waals surface area contributed by atoms with Gasteiger partial charge in [-0.1, -0.05) is 53.2 Å². The standard InChI is InChI=1S/C16H24BrN/c1-14(12-17)13-18-9-7-16(8-10-18)11-15-5-3-2-4-6-15/h2-6,14,16H,7-13H2,1H3. The fourth-order valence-corrected chi connectivity index (χ4v) is 3.01. The molecule has 2 heteroatoms. The van der Waals surface area contributed by atoms with E-state index < -0.39 is 0 Å². The number of alkyl halides is 1. The van der Waals surface area contributed by atoms with Crippen LogP contribution in [-0.4, -0.2) is 29.9 Å². The average molecular weight is 310 g/mol. The summed E-state index contributed by atoms with van der Waals surface area (Å²) in [5, 5.41) is 1.12. The second kappa shape index (κ2) is 7.30. The third-order valence-electron chi connectivity index (χ3n) is 3.91. The summed E-state index contributed by atoms with van der Waals surface area (Å²) >= 11 is 3.57. The second-order valence-corrected chi connectivity index (χ2v) is 6.34. The number of piperidine rings is 1. The molecule has 0 aliphatic carbocycles. The van der Waals surface area contributed by atoms with Crippen LogP contribution in [0.2, 0.25) is 0 Å². The zero-order chi connectivity index (χ0) is 12.8. The van der Waals surface area contributed by atoms with Crippen molar-refractivity contribution >= 4 is 15.9 Å². The molecule has 0 N–H and O–H groups in total. The highest BCUT2D eigenvalue weighted by molar-refractivity contribution is 9.09. The normalized spacial score (nSPS) is 19.9. The zero-order valence-corrected chi connectivity index (χ0v) is 12.9. The van der Waals surface area contributed by atoms with Crippen molar-refractivity contribution in [2.75, 3.05) is 25.0 Å². The minimum atomic E-state index is 0.774. The number of halogens is 1. The van der Waals surface area contributed by atoms with E-state index in [1.54, 1.807) is 0 Å². The highest BCUT2D eigenvalue weighted by atomic mass is 79.9. The lowest BCUT2D eigenvalue weighted by molar-refractivity contribution is 0.169. The Labute approximate surface area is 120 Å². The molecule has 1 aliphatic heterocycles. The van der Waals surface area contributed by atoms with E-state index in [9.17, 15) is 0 Å². The predicted molar refractivity (Wildman–Crippen MR) is 82.3 cm³/mol. The first-order valence-corrected chi connectivity index (χ1v) is 8.22. The van der Waals surface area contributed by atoms with Gasteiger partial charge < -0.3 is 4.90 Å². The van der Waals surface area contributed by atoms with Crippen LogP contribution < -0.4 is 0 Å². The van der Waals surface area contributed by atoms with Crippen LogP contribution in [0.4, 0.5) is 0 Å². The molecule has 1 atom stereocenters. The first kappa shape index (κ1) is 14.1. The fourth-order valence-electron chi connectivity index (χ4n) is 2.81. The number of hydrogen-bond acceptors (Lipinski definition) is 1. The van der Waals surface area contributed by atoms with Crippen LogP contribution in [0, 0.1) is 11.8 Å². The maximum absolute atomic E-state index is 3.57. The Morgan fingerprint density at radius 2 is 1.89 bits per heavy atom. The summed E-state index contributed by atoms with van der Waals surface area (Å²) in [6.07, 6.45) is 4.00. The van der Waals surface area contributed by atoms with Crippen LogP contribution in [0.15, 0.2) is 30.3 Å². The summed E-state index contributed by atoms with van der Waals surface area (Å²) in [6, 6.07) is 10.9. The summed E-state index contributed by atoms with van der Waals surface area (Å²) in [6.45, 7) is 6.15. The molecule has 0 aromatic heterocycles.